The van der Waals surface area contributed by atoms with Gasteiger partial charge < -0.3 is 0 Å². The van der Waals surface area contributed by atoms with E-state index in [1.807, 2.05) is 18.2 Å². The van der Waals surface area contributed by atoms with Crippen molar-refractivity contribution >= 4 is 27.3 Å². The molecule has 3 aromatic rings. The summed E-state index contributed by atoms with van der Waals surface area (Å²) in [5.41, 5.74) is 5.47. The topological polar surface area (TPSA) is 105 Å². The maximum atomic E-state index is 12.5. The van der Waals surface area contributed by atoms with Crippen LogP contribution in [0.4, 0.5) is 0 Å². The third-order valence-corrected chi connectivity index (χ3v) is 5.53. The first-order valence-electron chi connectivity index (χ1n) is 8.16. The molecule has 0 unspecified atom stereocenters. The van der Waals surface area contributed by atoms with Crippen molar-refractivity contribution in [1.82, 2.24) is 19.5 Å². The standard InChI is InChI=1S/C18H19N5O3S/c1-12(14-7-9-15(10-8-14)27(25,26)19-3)21-22-18(24)17-13(2)20-16-6-4-5-11-23(16)17/h4-11,19H,1-3H3,(H,22,24)/b21-12-. The quantitative estimate of drug-likeness (QED) is 0.515. The molecule has 0 spiro atoms. The van der Waals surface area contributed by atoms with Crippen molar-refractivity contribution in [3.05, 3.63) is 65.6 Å². The van der Waals surface area contributed by atoms with Gasteiger partial charge in [0, 0.05) is 6.20 Å². The minimum atomic E-state index is -3.49. The largest absolute Gasteiger partial charge is 0.295 e. The third kappa shape index (κ3) is 3.74. The second-order valence-electron chi connectivity index (χ2n) is 5.84. The third-order valence-electron chi connectivity index (χ3n) is 4.10. The molecule has 0 atom stereocenters. The Labute approximate surface area is 157 Å². The summed E-state index contributed by atoms with van der Waals surface area (Å²) in [7, 11) is -2.14. The van der Waals surface area contributed by atoms with Crippen LogP contribution in [-0.4, -0.2) is 36.5 Å². The van der Waals surface area contributed by atoms with E-state index in [0.717, 1.165) is 0 Å². The first-order chi connectivity index (χ1) is 12.8. The number of hydrogen-bond donors (Lipinski definition) is 2. The van der Waals surface area contributed by atoms with Gasteiger partial charge in [-0.1, -0.05) is 18.2 Å². The molecule has 0 radical (unpaired) electrons. The predicted octanol–water partition coefficient (Wildman–Crippen LogP) is 1.70. The number of hydrogen-bond acceptors (Lipinski definition) is 5. The van der Waals surface area contributed by atoms with Crippen LogP contribution in [0.2, 0.25) is 0 Å². The number of benzene rings is 1. The van der Waals surface area contributed by atoms with Gasteiger partial charge in [0.2, 0.25) is 10.0 Å². The van der Waals surface area contributed by atoms with E-state index in [4.69, 9.17) is 0 Å². The van der Waals surface area contributed by atoms with E-state index in [9.17, 15) is 13.2 Å². The van der Waals surface area contributed by atoms with Crippen LogP contribution >= 0.6 is 0 Å². The van der Waals surface area contributed by atoms with Gasteiger partial charge >= 0.3 is 0 Å². The lowest BCUT2D eigenvalue weighted by Crippen LogP contribution is -2.22. The van der Waals surface area contributed by atoms with Crippen LogP contribution in [0.25, 0.3) is 5.65 Å². The molecular weight excluding hydrogens is 366 g/mol. The summed E-state index contributed by atoms with van der Waals surface area (Å²) in [5.74, 6) is -0.375. The van der Waals surface area contributed by atoms with Gasteiger partial charge in [0.1, 0.15) is 11.3 Å². The number of nitrogens with one attached hydrogen (secondary N) is 2. The summed E-state index contributed by atoms with van der Waals surface area (Å²) in [6.45, 7) is 3.49. The Morgan fingerprint density at radius 3 is 2.52 bits per heavy atom. The molecule has 9 heteroatoms. The molecule has 0 saturated carbocycles. The van der Waals surface area contributed by atoms with Gasteiger partial charge in [0.05, 0.1) is 16.3 Å². The number of sulfonamides is 1. The number of carbonyl (C=O) groups is 1. The molecule has 2 heterocycles. The highest BCUT2D eigenvalue weighted by Gasteiger charge is 2.16. The zero-order valence-corrected chi connectivity index (χ0v) is 15.9. The summed E-state index contributed by atoms with van der Waals surface area (Å²) in [6.07, 6.45) is 1.77. The summed E-state index contributed by atoms with van der Waals surface area (Å²) in [6, 6.07) is 11.7. The lowest BCUT2D eigenvalue weighted by Gasteiger charge is -2.06. The van der Waals surface area contributed by atoms with E-state index in [1.54, 1.807) is 36.6 Å². The Hall–Kier alpha value is -3.04. The van der Waals surface area contributed by atoms with Crippen molar-refractivity contribution in [2.24, 2.45) is 5.10 Å². The van der Waals surface area contributed by atoms with Gasteiger partial charge in [-0.05, 0) is 50.7 Å². The molecule has 3 rings (SSSR count). The molecule has 0 aliphatic heterocycles. The highest BCUT2D eigenvalue weighted by molar-refractivity contribution is 7.89. The molecule has 0 saturated heterocycles. The van der Waals surface area contributed by atoms with E-state index in [-0.39, 0.29) is 10.8 Å². The normalized spacial score (nSPS) is 12.3. The van der Waals surface area contributed by atoms with Gasteiger partial charge in [-0.15, -0.1) is 0 Å². The minimum absolute atomic E-state index is 0.159. The van der Waals surface area contributed by atoms with E-state index in [0.29, 0.717) is 28.3 Å². The van der Waals surface area contributed by atoms with E-state index in [2.05, 4.69) is 20.2 Å². The van der Waals surface area contributed by atoms with Gasteiger partial charge in [0.15, 0.2) is 0 Å². The zero-order valence-electron chi connectivity index (χ0n) is 15.1. The Balaban J connectivity index is 1.81. The van der Waals surface area contributed by atoms with Crippen LogP contribution in [0, 0.1) is 6.92 Å². The molecule has 0 fully saturated rings. The summed E-state index contributed by atoms with van der Waals surface area (Å²) in [5, 5.41) is 4.12. The molecule has 2 aromatic heterocycles. The summed E-state index contributed by atoms with van der Waals surface area (Å²) >= 11 is 0. The average Bonchev–Trinajstić information content (AvgIpc) is 3.01. The Bertz CT molecular complexity index is 1130. The molecule has 0 bridgehead atoms. The van der Waals surface area contributed by atoms with Crippen molar-refractivity contribution in [2.45, 2.75) is 18.7 Å². The van der Waals surface area contributed by atoms with Crippen molar-refractivity contribution in [2.75, 3.05) is 7.05 Å². The monoisotopic (exact) mass is 385 g/mol. The fraction of sp³-hybridized carbons (Fsp3) is 0.167. The summed E-state index contributed by atoms with van der Waals surface area (Å²) < 4.78 is 27.5. The van der Waals surface area contributed by atoms with E-state index in [1.165, 1.54) is 19.2 Å². The molecule has 1 aromatic carbocycles. The summed E-state index contributed by atoms with van der Waals surface area (Å²) in [4.78, 5) is 17.0. The van der Waals surface area contributed by atoms with Crippen LogP contribution < -0.4 is 10.1 Å². The SMILES string of the molecule is CNS(=O)(=O)c1ccc(/C(C)=N\NC(=O)c2c(C)nc3ccccn23)cc1. The smallest absolute Gasteiger partial charge is 0.290 e. The van der Waals surface area contributed by atoms with Gasteiger partial charge in [-0.25, -0.2) is 23.5 Å². The van der Waals surface area contributed by atoms with E-state index < -0.39 is 10.0 Å². The molecule has 27 heavy (non-hydrogen) atoms. The number of aromatic nitrogens is 2. The fourth-order valence-corrected chi connectivity index (χ4v) is 3.36. The number of hydrazone groups is 1. The van der Waals surface area contributed by atoms with Crippen LogP contribution in [0.1, 0.15) is 28.7 Å². The van der Waals surface area contributed by atoms with Crippen molar-refractivity contribution < 1.29 is 13.2 Å². The van der Waals surface area contributed by atoms with Crippen LogP contribution in [0.15, 0.2) is 58.7 Å². The number of amides is 1. The molecule has 8 nitrogen and oxygen atoms in total. The molecule has 140 valence electrons. The zero-order chi connectivity index (χ0) is 19.6. The predicted molar refractivity (Wildman–Crippen MR) is 102 cm³/mol. The van der Waals surface area contributed by atoms with Gasteiger partial charge in [0.25, 0.3) is 5.91 Å². The maximum Gasteiger partial charge on any atom is 0.290 e. The number of rotatable bonds is 5. The highest BCUT2D eigenvalue weighted by atomic mass is 32.2. The van der Waals surface area contributed by atoms with Crippen molar-refractivity contribution in [3.8, 4) is 0 Å². The molecule has 2 N–H and O–H groups in total. The Morgan fingerprint density at radius 2 is 1.85 bits per heavy atom. The molecule has 1 amide bonds. The van der Waals surface area contributed by atoms with Gasteiger partial charge in [-0.2, -0.15) is 5.10 Å². The van der Waals surface area contributed by atoms with Crippen LogP contribution in [-0.2, 0) is 10.0 Å². The van der Waals surface area contributed by atoms with Crippen molar-refractivity contribution in [1.29, 1.82) is 0 Å². The lowest BCUT2D eigenvalue weighted by molar-refractivity contribution is 0.0948. The average molecular weight is 385 g/mol. The minimum Gasteiger partial charge on any atom is -0.295 e. The number of aryl methyl sites for hydroxylation is 1. The van der Waals surface area contributed by atoms with E-state index >= 15 is 0 Å². The number of imidazole rings is 1. The first-order valence-corrected chi connectivity index (χ1v) is 9.64. The lowest BCUT2D eigenvalue weighted by atomic mass is 10.1. The highest BCUT2D eigenvalue weighted by Crippen LogP contribution is 2.13. The molecule has 0 aliphatic carbocycles. The molecular formula is C18H19N5O3S. The van der Waals surface area contributed by atoms with Crippen LogP contribution in [0.3, 0.4) is 0 Å². The van der Waals surface area contributed by atoms with Gasteiger partial charge in [-0.3, -0.25) is 9.20 Å². The number of carbonyl (C=O) groups excluding carboxylic acids is 1. The number of fused-ring (bicyclic) bond motifs is 1. The fourth-order valence-electron chi connectivity index (χ4n) is 2.63. The Kier molecular flexibility index (Phi) is 5.06. The molecule has 0 aliphatic rings. The van der Waals surface area contributed by atoms with Crippen molar-refractivity contribution in [3.63, 3.8) is 0 Å². The Morgan fingerprint density at radius 1 is 1.15 bits per heavy atom. The number of nitrogens with zero attached hydrogens (tertiary/aromatic N) is 3. The second-order valence-corrected chi connectivity index (χ2v) is 7.73. The maximum absolute atomic E-state index is 12.5. The van der Waals surface area contributed by atoms with Crippen LogP contribution in [0.5, 0.6) is 0 Å². The first kappa shape index (κ1) is 18.7. The number of pyridine rings is 1. The second kappa shape index (κ2) is 7.29.